The van der Waals surface area contributed by atoms with E-state index in [4.69, 9.17) is 33.7 Å². The molecule has 3 heterocycles. The van der Waals surface area contributed by atoms with Crippen LogP contribution >= 0.6 is 23.2 Å². The maximum atomic E-state index is 13.9. The number of anilines is 1. The van der Waals surface area contributed by atoms with Crippen molar-refractivity contribution in [2.75, 3.05) is 24.6 Å². The number of alkyl halides is 2. The topological polar surface area (TPSA) is 73.4 Å². The van der Waals surface area contributed by atoms with Crippen LogP contribution in [0, 0.1) is 5.41 Å². The van der Waals surface area contributed by atoms with Crippen molar-refractivity contribution in [1.82, 2.24) is 9.55 Å². The van der Waals surface area contributed by atoms with E-state index in [1.54, 1.807) is 0 Å². The minimum Gasteiger partial charge on any atom is -0.376 e. The maximum Gasteiger partial charge on any atom is 0.296 e. The standard InChI is InChI=1S/C20H22Cl2F2N4O2/c1-11-17(25)20(10-30-11)5-7-27(8-6-20)14-9-15(29)28(19(26-14)18(23)24)13-4-2-3-12(21)16(13)22/h2-4,9,11,17-18H,5-8,10,25H2,1H3/t11-,17+/m1/s1. The number of halogens is 4. The third-order valence-corrected chi connectivity index (χ3v) is 7.04. The minimum atomic E-state index is -2.97. The van der Waals surface area contributed by atoms with Gasteiger partial charge in [-0.25, -0.2) is 13.8 Å². The van der Waals surface area contributed by atoms with Gasteiger partial charge in [0.15, 0.2) is 5.82 Å². The van der Waals surface area contributed by atoms with Gasteiger partial charge in [-0.05, 0) is 31.9 Å². The Morgan fingerprint density at radius 2 is 2.00 bits per heavy atom. The summed E-state index contributed by atoms with van der Waals surface area (Å²) >= 11 is 12.2. The van der Waals surface area contributed by atoms with Gasteiger partial charge in [-0.1, -0.05) is 29.3 Å². The minimum absolute atomic E-state index is 0.00789. The zero-order valence-corrected chi connectivity index (χ0v) is 17.8. The van der Waals surface area contributed by atoms with Crippen LogP contribution in [0.15, 0.2) is 29.1 Å². The highest BCUT2D eigenvalue weighted by molar-refractivity contribution is 6.43. The Hall–Kier alpha value is -1.74. The molecule has 0 amide bonds. The number of benzene rings is 1. The molecule has 0 saturated carbocycles. The van der Waals surface area contributed by atoms with E-state index in [0.29, 0.717) is 19.7 Å². The van der Waals surface area contributed by atoms with E-state index >= 15 is 0 Å². The van der Waals surface area contributed by atoms with Gasteiger partial charge < -0.3 is 15.4 Å². The van der Waals surface area contributed by atoms with Gasteiger partial charge in [-0.2, -0.15) is 0 Å². The van der Waals surface area contributed by atoms with E-state index in [9.17, 15) is 13.6 Å². The van der Waals surface area contributed by atoms with Gasteiger partial charge in [0.2, 0.25) is 0 Å². The fraction of sp³-hybridized carbons (Fsp3) is 0.500. The molecule has 0 aliphatic carbocycles. The molecule has 1 spiro atoms. The van der Waals surface area contributed by atoms with Crippen molar-refractivity contribution in [3.05, 3.63) is 50.5 Å². The molecule has 1 aromatic heterocycles. The molecular weight excluding hydrogens is 437 g/mol. The molecule has 2 atom stereocenters. The summed E-state index contributed by atoms with van der Waals surface area (Å²) in [6.07, 6.45) is -1.49. The molecule has 10 heteroatoms. The van der Waals surface area contributed by atoms with Crippen LogP contribution in [0.1, 0.15) is 32.0 Å². The lowest BCUT2D eigenvalue weighted by Gasteiger charge is -2.41. The predicted octanol–water partition coefficient (Wildman–Crippen LogP) is 3.81. The predicted molar refractivity (Wildman–Crippen MR) is 112 cm³/mol. The average molecular weight is 459 g/mol. The van der Waals surface area contributed by atoms with E-state index in [0.717, 1.165) is 17.4 Å². The Labute approximate surface area is 182 Å². The van der Waals surface area contributed by atoms with Gasteiger partial charge in [-0.15, -0.1) is 0 Å². The van der Waals surface area contributed by atoms with Crippen molar-refractivity contribution >= 4 is 29.0 Å². The lowest BCUT2D eigenvalue weighted by molar-refractivity contribution is 0.0973. The Kier molecular flexibility index (Phi) is 5.78. The molecule has 2 aromatic rings. The molecule has 2 N–H and O–H groups in total. The third kappa shape index (κ3) is 3.60. The molecule has 1 aromatic carbocycles. The Bertz CT molecular complexity index is 1010. The summed E-state index contributed by atoms with van der Waals surface area (Å²) in [5.41, 5.74) is 5.64. The van der Waals surface area contributed by atoms with Crippen LogP contribution in [-0.2, 0) is 4.74 Å². The van der Waals surface area contributed by atoms with Crippen molar-refractivity contribution in [2.45, 2.75) is 38.3 Å². The monoisotopic (exact) mass is 458 g/mol. The highest BCUT2D eigenvalue weighted by atomic mass is 35.5. The van der Waals surface area contributed by atoms with Gasteiger partial charge in [0.25, 0.3) is 12.0 Å². The summed E-state index contributed by atoms with van der Waals surface area (Å²) in [4.78, 5) is 18.8. The highest BCUT2D eigenvalue weighted by Gasteiger charge is 2.47. The van der Waals surface area contributed by atoms with Crippen molar-refractivity contribution in [1.29, 1.82) is 0 Å². The number of rotatable bonds is 3. The number of hydrogen-bond acceptors (Lipinski definition) is 5. The molecule has 30 heavy (non-hydrogen) atoms. The second-order valence-corrected chi connectivity index (χ2v) is 8.70. The molecule has 6 nitrogen and oxygen atoms in total. The van der Waals surface area contributed by atoms with Gasteiger partial charge in [-0.3, -0.25) is 9.36 Å². The summed E-state index contributed by atoms with van der Waals surface area (Å²) in [7, 11) is 0. The summed E-state index contributed by atoms with van der Waals surface area (Å²) in [6.45, 7) is 3.66. The smallest absolute Gasteiger partial charge is 0.296 e. The van der Waals surface area contributed by atoms with Crippen LogP contribution < -0.4 is 16.2 Å². The quantitative estimate of drug-likeness (QED) is 0.756. The van der Waals surface area contributed by atoms with Gasteiger partial charge in [0, 0.05) is 30.6 Å². The van der Waals surface area contributed by atoms with Crippen LogP contribution in [0.4, 0.5) is 14.6 Å². The van der Waals surface area contributed by atoms with Gasteiger partial charge in [0.1, 0.15) is 5.82 Å². The molecule has 4 rings (SSSR count). The van der Waals surface area contributed by atoms with Crippen molar-refractivity contribution < 1.29 is 13.5 Å². The maximum absolute atomic E-state index is 13.9. The van der Waals surface area contributed by atoms with Crippen LogP contribution in [0.3, 0.4) is 0 Å². The number of ether oxygens (including phenoxy) is 1. The van der Waals surface area contributed by atoms with Crippen LogP contribution in [-0.4, -0.2) is 41.4 Å². The summed E-state index contributed by atoms with van der Waals surface area (Å²) in [6, 6.07) is 5.70. The van der Waals surface area contributed by atoms with Crippen molar-refractivity contribution in [3.8, 4) is 5.69 Å². The van der Waals surface area contributed by atoms with E-state index in [1.165, 1.54) is 24.3 Å². The zero-order valence-electron chi connectivity index (χ0n) is 16.3. The van der Waals surface area contributed by atoms with Crippen LogP contribution in [0.5, 0.6) is 0 Å². The highest BCUT2D eigenvalue weighted by Crippen LogP contribution is 2.42. The molecule has 162 valence electrons. The van der Waals surface area contributed by atoms with Crippen LogP contribution in [0.25, 0.3) is 5.69 Å². The zero-order chi connectivity index (χ0) is 21.6. The third-order valence-electron chi connectivity index (χ3n) is 6.23. The number of aromatic nitrogens is 2. The fourth-order valence-corrected chi connectivity index (χ4v) is 4.74. The summed E-state index contributed by atoms with van der Waals surface area (Å²) < 4.78 is 34.3. The Morgan fingerprint density at radius 1 is 1.30 bits per heavy atom. The van der Waals surface area contributed by atoms with Gasteiger partial charge in [0.05, 0.1) is 28.4 Å². The average Bonchev–Trinajstić information content (AvgIpc) is 2.99. The van der Waals surface area contributed by atoms with E-state index in [2.05, 4.69) is 4.98 Å². The first-order valence-electron chi connectivity index (χ1n) is 9.72. The number of hydrogen-bond donors (Lipinski definition) is 1. The summed E-state index contributed by atoms with van der Waals surface area (Å²) in [5.74, 6) is -0.448. The Balaban J connectivity index is 1.67. The Morgan fingerprint density at radius 3 is 2.60 bits per heavy atom. The molecule has 0 unspecified atom stereocenters. The number of nitrogens with zero attached hydrogens (tertiary/aromatic N) is 3. The normalized spacial score (nSPS) is 23.5. The largest absolute Gasteiger partial charge is 0.376 e. The molecule has 0 bridgehead atoms. The number of piperidine rings is 1. The molecule has 2 saturated heterocycles. The second kappa shape index (κ2) is 8.07. The molecule has 2 aliphatic rings. The van der Waals surface area contributed by atoms with Crippen molar-refractivity contribution in [2.24, 2.45) is 11.1 Å². The van der Waals surface area contributed by atoms with E-state index in [1.807, 2.05) is 11.8 Å². The first-order valence-corrected chi connectivity index (χ1v) is 10.5. The molecular formula is C20H22Cl2F2N4O2. The van der Waals surface area contributed by atoms with E-state index in [-0.39, 0.29) is 39.1 Å². The summed E-state index contributed by atoms with van der Waals surface area (Å²) in [5, 5.41) is 0.179. The second-order valence-electron chi connectivity index (χ2n) is 7.91. The molecule has 0 radical (unpaired) electrons. The molecule has 2 fully saturated rings. The first-order chi connectivity index (χ1) is 14.2. The number of nitrogens with two attached hydrogens (primary N) is 1. The van der Waals surface area contributed by atoms with Crippen molar-refractivity contribution in [3.63, 3.8) is 0 Å². The lowest BCUT2D eigenvalue weighted by atomic mass is 9.73. The van der Waals surface area contributed by atoms with Gasteiger partial charge >= 0.3 is 0 Å². The lowest BCUT2D eigenvalue weighted by Crippen LogP contribution is -2.51. The fourth-order valence-electron chi connectivity index (χ4n) is 4.36. The first kappa shape index (κ1) is 21.5. The SMILES string of the molecule is C[C@H]1OCC2(CCN(c3cc(=O)n(-c4cccc(Cl)c4Cl)c(C(F)F)n3)CC2)[C@H]1N. The molecule has 2 aliphatic heterocycles. The van der Waals surface area contributed by atoms with E-state index < -0.39 is 17.8 Å². The van der Waals surface area contributed by atoms with Crippen LogP contribution in [0.2, 0.25) is 10.0 Å².